The number of rotatable bonds is 4. The highest BCUT2D eigenvalue weighted by atomic mass is 19.4. The number of urea groups is 1. The maximum atomic E-state index is 12.0. The Balaban J connectivity index is 2.60. The molecule has 1 aromatic rings. The smallest absolute Gasteiger partial charge is 0.406 e. The lowest BCUT2D eigenvalue weighted by Crippen LogP contribution is -2.48. The molecule has 0 aromatic heterocycles. The van der Waals surface area contributed by atoms with Crippen LogP contribution >= 0.6 is 0 Å². The first-order valence-electron chi connectivity index (χ1n) is 5.67. The molecule has 0 fully saturated rings. The molecule has 112 valence electrons. The van der Waals surface area contributed by atoms with Gasteiger partial charge in [0.15, 0.2) is 0 Å². The molecule has 0 aliphatic rings. The highest BCUT2D eigenvalue weighted by Crippen LogP contribution is 2.23. The molecule has 0 radical (unpaired) electrons. The van der Waals surface area contributed by atoms with Crippen LogP contribution in [0.15, 0.2) is 24.3 Å². The molecule has 0 saturated heterocycles. The minimum Gasteiger partial charge on any atom is -0.406 e. The van der Waals surface area contributed by atoms with Gasteiger partial charge in [-0.1, -0.05) is 0 Å². The van der Waals surface area contributed by atoms with E-state index in [-0.39, 0.29) is 12.4 Å². The van der Waals surface area contributed by atoms with Gasteiger partial charge in [0, 0.05) is 5.69 Å². The van der Waals surface area contributed by atoms with E-state index >= 15 is 0 Å². The molecule has 20 heavy (non-hydrogen) atoms. The Morgan fingerprint density at radius 1 is 1.25 bits per heavy atom. The third-order valence-electron chi connectivity index (χ3n) is 2.19. The molecule has 0 aliphatic carbocycles. The molecule has 8 heteroatoms. The maximum absolute atomic E-state index is 12.0. The zero-order valence-electron chi connectivity index (χ0n) is 10.9. The van der Waals surface area contributed by atoms with Crippen LogP contribution in [0.4, 0.5) is 23.7 Å². The molecule has 0 atom stereocenters. The van der Waals surface area contributed by atoms with Crippen LogP contribution in [0, 0.1) is 0 Å². The summed E-state index contributed by atoms with van der Waals surface area (Å²) in [7, 11) is 0. The van der Waals surface area contributed by atoms with Crippen molar-refractivity contribution >= 4 is 11.7 Å². The number of amides is 2. The lowest BCUT2D eigenvalue weighted by Gasteiger charge is -2.23. The molecule has 5 nitrogen and oxygen atoms in total. The summed E-state index contributed by atoms with van der Waals surface area (Å²) in [5.41, 5.74) is -0.505. The lowest BCUT2D eigenvalue weighted by atomic mass is 10.1. The van der Waals surface area contributed by atoms with Gasteiger partial charge in [-0.3, -0.25) is 0 Å². The van der Waals surface area contributed by atoms with Crippen LogP contribution in [0.1, 0.15) is 13.8 Å². The van der Waals surface area contributed by atoms with E-state index in [4.69, 9.17) is 5.11 Å². The molecule has 0 heterocycles. The highest BCUT2D eigenvalue weighted by molar-refractivity contribution is 5.89. The van der Waals surface area contributed by atoms with Crippen LogP contribution in [-0.4, -0.2) is 29.6 Å². The third kappa shape index (κ3) is 5.79. The molecular formula is C12H15F3N2O3. The first-order chi connectivity index (χ1) is 9.11. The molecule has 0 unspecified atom stereocenters. The van der Waals surface area contributed by atoms with E-state index in [1.165, 1.54) is 12.1 Å². The predicted octanol–water partition coefficient (Wildman–Crippen LogP) is 2.48. The van der Waals surface area contributed by atoms with E-state index < -0.39 is 17.9 Å². The van der Waals surface area contributed by atoms with Crippen molar-refractivity contribution in [2.24, 2.45) is 0 Å². The molecule has 0 aliphatic heterocycles. The number of carbonyl (C=O) groups excluding carboxylic acids is 1. The topological polar surface area (TPSA) is 70.6 Å². The Hall–Kier alpha value is -1.96. The number of nitrogens with one attached hydrogen (secondary N) is 2. The quantitative estimate of drug-likeness (QED) is 0.798. The zero-order valence-corrected chi connectivity index (χ0v) is 10.9. The van der Waals surface area contributed by atoms with Gasteiger partial charge in [-0.05, 0) is 38.1 Å². The fraction of sp³-hybridized carbons (Fsp3) is 0.417. The van der Waals surface area contributed by atoms with Crippen LogP contribution in [0.5, 0.6) is 5.75 Å². The normalized spacial score (nSPS) is 11.9. The minimum absolute atomic E-state index is 0.251. The fourth-order valence-corrected chi connectivity index (χ4v) is 1.25. The van der Waals surface area contributed by atoms with Crippen LogP contribution < -0.4 is 15.4 Å². The summed E-state index contributed by atoms with van der Waals surface area (Å²) < 4.78 is 39.6. The first kappa shape index (κ1) is 16.1. The van der Waals surface area contributed by atoms with Crippen molar-refractivity contribution in [3.05, 3.63) is 24.3 Å². The van der Waals surface area contributed by atoms with E-state index in [0.29, 0.717) is 5.69 Å². The summed E-state index contributed by atoms with van der Waals surface area (Å²) >= 11 is 0. The number of halogens is 3. The second kappa shape index (κ2) is 6.00. The first-order valence-corrected chi connectivity index (χ1v) is 5.67. The average molecular weight is 292 g/mol. The number of carbonyl (C=O) groups is 1. The number of anilines is 1. The van der Waals surface area contributed by atoms with Crippen LogP contribution in [0.25, 0.3) is 0 Å². The van der Waals surface area contributed by atoms with Crippen molar-refractivity contribution in [1.29, 1.82) is 0 Å². The van der Waals surface area contributed by atoms with Crippen molar-refractivity contribution in [2.45, 2.75) is 25.7 Å². The monoisotopic (exact) mass is 292 g/mol. The van der Waals surface area contributed by atoms with E-state index in [9.17, 15) is 18.0 Å². The molecule has 1 aromatic carbocycles. The summed E-state index contributed by atoms with van der Waals surface area (Å²) in [6, 6.07) is 4.13. The maximum Gasteiger partial charge on any atom is 0.573 e. The summed E-state index contributed by atoms with van der Waals surface area (Å²) in [4.78, 5) is 11.6. The van der Waals surface area contributed by atoms with Gasteiger partial charge in [-0.15, -0.1) is 13.2 Å². The van der Waals surface area contributed by atoms with Crippen molar-refractivity contribution in [3.8, 4) is 5.75 Å². The van der Waals surface area contributed by atoms with Gasteiger partial charge in [0.2, 0.25) is 0 Å². The fourth-order valence-electron chi connectivity index (χ4n) is 1.25. The lowest BCUT2D eigenvalue weighted by molar-refractivity contribution is -0.274. The zero-order chi connectivity index (χ0) is 15.4. The molecule has 0 spiro atoms. The van der Waals surface area contributed by atoms with E-state index in [2.05, 4.69) is 15.4 Å². The number of alkyl halides is 3. The van der Waals surface area contributed by atoms with Crippen molar-refractivity contribution in [3.63, 3.8) is 0 Å². The Bertz CT molecular complexity index is 458. The van der Waals surface area contributed by atoms with E-state index in [1.807, 2.05) is 0 Å². The molecular weight excluding hydrogens is 277 g/mol. The van der Waals surface area contributed by atoms with Crippen LogP contribution in [0.2, 0.25) is 0 Å². The number of benzene rings is 1. The summed E-state index contributed by atoms with van der Waals surface area (Å²) in [5, 5.41) is 13.9. The van der Waals surface area contributed by atoms with Gasteiger partial charge in [-0.2, -0.15) is 0 Å². The third-order valence-corrected chi connectivity index (χ3v) is 2.19. The Kier molecular flexibility index (Phi) is 4.83. The standard InChI is InChI=1S/C12H15F3N2O3/c1-11(2,7-18)17-10(19)16-8-3-5-9(6-4-8)20-12(13,14)15/h3-6,18H,7H2,1-2H3,(H2,16,17,19). The summed E-state index contributed by atoms with van der Waals surface area (Å²) in [5.74, 6) is -0.376. The number of aliphatic hydroxyl groups excluding tert-OH is 1. The molecule has 2 amide bonds. The number of hydrogen-bond donors (Lipinski definition) is 3. The molecule has 1 rings (SSSR count). The Morgan fingerprint density at radius 3 is 2.25 bits per heavy atom. The molecule has 0 saturated carbocycles. The van der Waals surface area contributed by atoms with E-state index in [1.54, 1.807) is 13.8 Å². The highest BCUT2D eigenvalue weighted by Gasteiger charge is 2.31. The summed E-state index contributed by atoms with van der Waals surface area (Å²) in [6.45, 7) is 2.98. The molecule has 3 N–H and O–H groups in total. The largest absolute Gasteiger partial charge is 0.573 e. The van der Waals surface area contributed by atoms with Gasteiger partial charge in [0.05, 0.1) is 12.1 Å². The summed E-state index contributed by atoms with van der Waals surface area (Å²) in [6.07, 6.45) is -4.75. The Labute approximate surface area is 113 Å². The van der Waals surface area contributed by atoms with Crippen molar-refractivity contribution in [1.82, 2.24) is 5.32 Å². The SMILES string of the molecule is CC(C)(CO)NC(=O)Nc1ccc(OC(F)(F)F)cc1. The second-order valence-corrected chi connectivity index (χ2v) is 4.69. The van der Waals surface area contributed by atoms with Crippen molar-refractivity contribution in [2.75, 3.05) is 11.9 Å². The predicted molar refractivity (Wildman–Crippen MR) is 66.4 cm³/mol. The van der Waals surface area contributed by atoms with Gasteiger partial charge < -0.3 is 20.5 Å². The minimum atomic E-state index is -4.75. The van der Waals surface area contributed by atoms with Crippen LogP contribution in [0.3, 0.4) is 0 Å². The number of aliphatic hydroxyl groups is 1. The Morgan fingerprint density at radius 2 is 1.80 bits per heavy atom. The van der Waals surface area contributed by atoms with Gasteiger partial charge in [-0.25, -0.2) is 4.79 Å². The second-order valence-electron chi connectivity index (χ2n) is 4.69. The van der Waals surface area contributed by atoms with Gasteiger partial charge in [0.1, 0.15) is 5.75 Å². The van der Waals surface area contributed by atoms with Crippen molar-refractivity contribution < 1.29 is 27.8 Å². The molecule has 0 bridgehead atoms. The van der Waals surface area contributed by atoms with Crippen LogP contribution in [-0.2, 0) is 0 Å². The van der Waals surface area contributed by atoms with Gasteiger partial charge >= 0.3 is 12.4 Å². The van der Waals surface area contributed by atoms with E-state index in [0.717, 1.165) is 12.1 Å². The van der Waals surface area contributed by atoms with Gasteiger partial charge in [0.25, 0.3) is 0 Å². The number of hydrogen-bond acceptors (Lipinski definition) is 3. The average Bonchev–Trinajstić information content (AvgIpc) is 2.29. The number of ether oxygens (including phenoxy) is 1.